The van der Waals surface area contributed by atoms with Crippen LogP contribution in [0.2, 0.25) is 0 Å². The normalized spacial score (nSPS) is 13.0. The molecule has 1 heterocycles. The standard InChI is InChI=1S/C30H43N7O6S2/c1-18-11-12-19(27(38)34-22-14-20(29(2,3)4)15-23(26(22)43-9)35-44(10,39)40)13-24(18)37(32)17-21(31)25-16-33-28(36(25)8)45(41,42)30(5,6)7/h11-17,35H,31-32H2,1-10H3,(H,34,38)/b21-17-. The number of rotatable bonds is 9. The molecule has 1 aromatic heterocycles. The Balaban J connectivity index is 1.99. The van der Waals surface area contributed by atoms with Crippen LogP contribution in [-0.2, 0) is 32.3 Å². The lowest BCUT2D eigenvalue weighted by atomic mass is 9.86. The largest absolute Gasteiger partial charge is 0.492 e. The second kappa shape index (κ2) is 12.4. The van der Waals surface area contributed by atoms with Gasteiger partial charge in [-0.15, -0.1) is 0 Å². The van der Waals surface area contributed by atoms with E-state index in [1.807, 2.05) is 20.8 Å². The number of nitrogens with two attached hydrogens (primary N) is 2. The Morgan fingerprint density at radius 3 is 2.18 bits per heavy atom. The molecule has 13 nitrogen and oxygen atoms in total. The summed E-state index contributed by atoms with van der Waals surface area (Å²) < 4.78 is 58.4. The second-order valence-electron chi connectivity index (χ2n) is 12.8. The summed E-state index contributed by atoms with van der Waals surface area (Å²) in [4.78, 5) is 17.6. The predicted molar refractivity (Wildman–Crippen MR) is 178 cm³/mol. The molecule has 1 amide bonds. The van der Waals surface area contributed by atoms with E-state index in [1.165, 1.54) is 29.1 Å². The molecule has 0 bridgehead atoms. The minimum Gasteiger partial charge on any atom is -0.492 e. The Hall–Kier alpha value is -4.08. The van der Waals surface area contributed by atoms with E-state index in [1.54, 1.807) is 65.1 Å². The highest BCUT2D eigenvalue weighted by Crippen LogP contribution is 2.39. The number of benzene rings is 2. The van der Waals surface area contributed by atoms with Crippen LogP contribution in [0.4, 0.5) is 17.1 Å². The number of nitrogens with one attached hydrogen (secondary N) is 2. The number of aryl methyl sites for hydroxylation is 1. The molecular weight excluding hydrogens is 619 g/mol. The van der Waals surface area contributed by atoms with Crippen molar-refractivity contribution < 1.29 is 26.4 Å². The van der Waals surface area contributed by atoms with Gasteiger partial charge < -0.3 is 20.4 Å². The summed E-state index contributed by atoms with van der Waals surface area (Å²) in [7, 11) is -4.45. The summed E-state index contributed by atoms with van der Waals surface area (Å²) in [6.45, 7) is 12.5. The Bertz CT molecular complexity index is 1870. The first-order valence-electron chi connectivity index (χ1n) is 13.9. The van der Waals surface area contributed by atoms with Gasteiger partial charge in [0.25, 0.3) is 5.91 Å². The zero-order chi connectivity index (χ0) is 34.3. The van der Waals surface area contributed by atoms with Crippen LogP contribution >= 0.6 is 0 Å². The highest BCUT2D eigenvalue weighted by atomic mass is 32.2. The Labute approximate surface area is 265 Å². The van der Waals surface area contributed by atoms with Crippen molar-refractivity contribution >= 4 is 48.5 Å². The number of hydrazine groups is 1. The second-order valence-corrected chi connectivity index (χ2v) is 17.1. The fraction of sp³-hybridized carbons (Fsp3) is 0.400. The quantitative estimate of drug-likeness (QED) is 0.193. The molecule has 15 heteroatoms. The highest BCUT2D eigenvalue weighted by molar-refractivity contribution is 7.92. The Morgan fingerprint density at radius 1 is 1.04 bits per heavy atom. The Morgan fingerprint density at radius 2 is 1.64 bits per heavy atom. The van der Waals surface area contributed by atoms with E-state index in [4.69, 9.17) is 16.3 Å². The summed E-state index contributed by atoms with van der Waals surface area (Å²) in [5.74, 6) is 6.02. The smallest absolute Gasteiger partial charge is 0.255 e. The molecule has 0 saturated heterocycles. The third kappa shape index (κ3) is 7.78. The molecule has 246 valence electrons. The van der Waals surface area contributed by atoms with Gasteiger partial charge in [-0.05, 0) is 68.5 Å². The van der Waals surface area contributed by atoms with Crippen LogP contribution in [0.1, 0.15) is 68.7 Å². The lowest BCUT2D eigenvalue weighted by Gasteiger charge is -2.24. The molecule has 0 spiro atoms. The molecule has 0 aliphatic carbocycles. The number of carbonyl (C=O) groups excluding carboxylic acids is 1. The van der Waals surface area contributed by atoms with Crippen LogP contribution in [0.15, 0.2) is 47.9 Å². The van der Waals surface area contributed by atoms with Gasteiger partial charge in [0.1, 0.15) is 0 Å². The maximum atomic E-state index is 13.5. The van der Waals surface area contributed by atoms with Gasteiger partial charge in [-0.3, -0.25) is 14.5 Å². The number of sulfonamides is 1. The van der Waals surface area contributed by atoms with Crippen molar-refractivity contribution in [3.8, 4) is 5.75 Å². The van der Waals surface area contributed by atoms with Crippen molar-refractivity contribution in [2.24, 2.45) is 18.6 Å². The number of sulfone groups is 1. The third-order valence-electron chi connectivity index (χ3n) is 7.02. The topological polar surface area (TPSA) is 192 Å². The van der Waals surface area contributed by atoms with Crippen LogP contribution in [0.3, 0.4) is 0 Å². The van der Waals surface area contributed by atoms with Gasteiger partial charge in [0.2, 0.25) is 25.0 Å². The first kappa shape index (κ1) is 35.4. The number of amides is 1. The first-order chi connectivity index (χ1) is 20.5. The number of carbonyl (C=O) groups is 1. The molecule has 0 atom stereocenters. The summed E-state index contributed by atoms with van der Waals surface area (Å²) in [5, 5.41) is 3.95. The number of anilines is 3. The zero-order valence-corrected chi connectivity index (χ0v) is 28.9. The summed E-state index contributed by atoms with van der Waals surface area (Å²) in [6.07, 6.45) is 3.80. The predicted octanol–water partition coefficient (Wildman–Crippen LogP) is 3.87. The summed E-state index contributed by atoms with van der Waals surface area (Å²) >= 11 is 0. The number of imidazole rings is 1. The number of hydrogen-bond acceptors (Lipinski definition) is 10. The van der Waals surface area contributed by atoms with Crippen molar-refractivity contribution in [2.75, 3.05) is 28.4 Å². The van der Waals surface area contributed by atoms with Crippen LogP contribution in [0.5, 0.6) is 5.75 Å². The van der Waals surface area contributed by atoms with E-state index in [-0.39, 0.29) is 39.0 Å². The van der Waals surface area contributed by atoms with Crippen molar-refractivity contribution in [2.45, 2.75) is 63.8 Å². The molecule has 0 aliphatic heterocycles. The summed E-state index contributed by atoms with van der Waals surface area (Å²) in [5.41, 5.74) is 9.08. The molecule has 3 aromatic rings. The van der Waals surface area contributed by atoms with E-state index in [2.05, 4.69) is 15.0 Å². The molecule has 0 unspecified atom stereocenters. The lowest BCUT2D eigenvalue weighted by molar-refractivity contribution is 0.102. The molecule has 0 radical (unpaired) electrons. The minimum absolute atomic E-state index is 0.124. The number of hydrogen-bond donors (Lipinski definition) is 4. The van der Waals surface area contributed by atoms with E-state index >= 15 is 0 Å². The molecule has 3 rings (SSSR count). The van der Waals surface area contributed by atoms with Gasteiger partial charge in [-0.1, -0.05) is 26.8 Å². The van der Waals surface area contributed by atoms with Gasteiger partial charge in [0.05, 0.1) is 52.8 Å². The van der Waals surface area contributed by atoms with Crippen molar-refractivity contribution in [3.05, 3.63) is 65.1 Å². The first-order valence-corrected chi connectivity index (χ1v) is 17.3. The molecule has 0 aliphatic rings. The van der Waals surface area contributed by atoms with Crippen LogP contribution in [-0.4, -0.2) is 50.4 Å². The maximum Gasteiger partial charge on any atom is 0.255 e. The fourth-order valence-corrected chi connectivity index (χ4v) is 6.09. The van der Waals surface area contributed by atoms with E-state index in [9.17, 15) is 21.6 Å². The van der Waals surface area contributed by atoms with Gasteiger partial charge in [-0.25, -0.2) is 27.7 Å². The lowest BCUT2D eigenvalue weighted by Crippen LogP contribution is -2.30. The fourth-order valence-electron chi connectivity index (χ4n) is 4.34. The summed E-state index contributed by atoms with van der Waals surface area (Å²) in [6, 6.07) is 8.32. The van der Waals surface area contributed by atoms with Crippen LogP contribution < -0.4 is 31.4 Å². The van der Waals surface area contributed by atoms with Crippen LogP contribution in [0.25, 0.3) is 5.70 Å². The van der Waals surface area contributed by atoms with E-state index in [0.717, 1.165) is 17.4 Å². The average Bonchev–Trinajstić information content (AvgIpc) is 3.28. The van der Waals surface area contributed by atoms with Crippen molar-refractivity contribution in [1.29, 1.82) is 0 Å². The third-order valence-corrected chi connectivity index (χ3v) is 10.1. The molecule has 6 N–H and O–H groups in total. The average molecular weight is 662 g/mol. The zero-order valence-electron chi connectivity index (χ0n) is 27.3. The number of methoxy groups -OCH3 is 1. The maximum absolute atomic E-state index is 13.5. The van der Waals surface area contributed by atoms with Gasteiger partial charge >= 0.3 is 0 Å². The molecule has 0 saturated carbocycles. The van der Waals surface area contributed by atoms with E-state index < -0.39 is 30.5 Å². The van der Waals surface area contributed by atoms with Gasteiger partial charge in [-0.2, -0.15) is 0 Å². The van der Waals surface area contributed by atoms with Crippen LogP contribution in [0, 0.1) is 6.92 Å². The SMILES string of the molecule is COc1c(NC(=O)c2ccc(C)c(N(N)/C=C(\N)c3cnc(S(=O)(=O)C(C)(C)C)n3C)c2)cc(C(C)(C)C)cc1NS(C)(=O)=O. The number of nitrogens with zero attached hydrogens (tertiary/aromatic N) is 3. The molecule has 0 fully saturated rings. The minimum atomic E-state index is -3.74. The Kier molecular flexibility index (Phi) is 9.73. The molecule has 2 aromatic carbocycles. The highest BCUT2D eigenvalue weighted by Gasteiger charge is 2.35. The van der Waals surface area contributed by atoms with Gasteiger partial charge in [0.15, 0.2) is 5.75 Å². The van der Waals surface area contributed by atoms with Crippen molar-refractivity contribution in [1.82, 2.24) is 9.55 Å². The monoisotopic (exact) mass is 661 g/mol. The molecule has 45 heavy (non-hydrogen) atoms. The molecular formula is C30H43N7O6S2. The van der Waals surface area contributed by atoms with E-state index in [0.29, 0.717) is 11.4 Å². The van der Waals surface area contributed by atoms with Gasteiger partial charge in [0, 0.05) is 18.8 Å². The number of aromatic nitrogens is 2. The van der Waals surface area contributed by atoms with Crippen molar-refractivity contribution in [3.63, 3.8) is 0 Å². The number of ether oxygens (including phenoxy) is 1.